The minimum Gasteiger partial charge on any atom is -0.490 e. The molecule has 3 aliphatic rings. The Hall–Kier alpha value is -3.68. The summed E-state index contributed by atoms with van der Waals surface area (Å²) >= 11 is 0. The number of Topliss-reactive ketones (excluding diaryl/α,β-unsaturated/α-hetero) is 1. The number of nitrogens with zero attached hydrogens (tertiary/aromatic N) is 2. The number of rotatable bonds is 5. The second-order valence-corrected chi connectivity index (χ2v) is 12.1. The zero-order chi connectivity index (χ0) is 28.6. The first-order valence-corrected chi connectivity index (χ1v) is 14.3. The Morgan fingerprint density at radius 1 is 0.925 bits per heavy atom. The van der Waals surface area contributed by atoms with Gasteiger partial charge in [0.1, 0.15) is 17.1 Å². The van der Waals surface area contributed by atoms with E-state index in [1.165, 1.54) is 4.90 Å². The molecule has 1 saturated carbocycles. The molecule has 2 heterocycles. The fraction of sp³-hybridized carbons (Fsp3) is 0.500. The van der Waals surface area contributed by atoms with E-state index in [-0.39, 0.29) is 36.2 Å². The number of hydrogen-bond acceptors (Lipinski definition) is 6. The van der Waals surface area contributed by atoms with Crippen LogP contribution in [0.5, 0.6) is 5.75 Å². The molecule has 212 valence electrons. The molecule has 0 spiro atoms. The summed E-state index contributed by atoms with van der Waals surface area (Å²) < 4.78 is 12.4. The van der Waals surface area contributed by atoms with Crippen LogP contribution in [0.2, 0.25) is 0 Å². The molecule has 2 aromatic rings. The molecule has 2 aromatic carbocycles. The van der Waals surface area contributed by atoms with Gasteiger partial charge in [0, 0.05) is 18.0 Å². The van der Waals surface area contributed by atoms with Crippen LogP contribution in [0.3, 0.4) is 0 Å². The quantitative estimate of drug-likeness (QED) is 0.351. The highest BCUT2D eigenvalue weighted by atomic mass is 16.6. The maximum absolute atomic E-state index is 13.5. The first-order valence-electron chi connectivity index (χ1n) is 14.3. The number of fused-ring (bicyclic) bond motifs is 2. The van der Waals surface area contributed by atoms with Crippen molar-refractivity contribution in [2.24, 2.45) is 5.92 Å². The second-order valence-electron chi connectivity index (χ2n) is 12.1. The van der Waals surface area contributed by atoms with Crippen molar-refractivity contribution in [1.82, 2.24) is 9.80 Å². The summed E-state index contributed by atoms with van der Waals surface area (Å²) in [5, 5.41) is 0. The van der Waals surface area contributed by atoms with Gasteiger partial charge in [-0.15, -0.1) is 0 Å². The lowest BCUT2D eigenvalue weighted by Crippen LogP contribution is -2.48. The van der Waals surface area contributed by atoms with Crippen LogP contribution in [0.15, 0.2) is 42.5 Å². The lowest BCUT2D eigenvalue weighted by Gasteiger charge is -2.40. The zero-order valence-electron chi connectivity index (χ0n) is 23.8. The molecule has 0 radical (unpaired) electrons. The minimum atomic E-state index is -0.707. The summed E-state index contributed by atoms with van der Waals surface area (Å²) in [6.07, 6.45) is 4.22. The standard InChI is InChI=1S/C32H38N2O6/c1-20(35)21-9-7-11-23(16-15-21)39-27-14-8-10-22-17-18-33(31(38)40-32(2,3)4)26(28(22)27)19-34-29(36)24-12-5-6-13-25(24)30(34)37/h5-6,8,10,12-14,21,23,26H,7,9,11,15-19H2,1-4H3/t21?,23-,26?/m1/s1. The third-order valence-corrected chi connectivity index (χ3v) is 8.13. The van der Waals surface area contributed by atoms with Gasteiger partial charge in [0.15, 0.2) is 0 Å². The van der Waals surface area contributed by atoms with E-state index in [0.717, 1.165) is 43.2 Å². The first-order chi connectivity index (χ1) is 19.0. The number of hydrogen-bond donors (Lipinski definition) is 0. The highest BCUT2D eigenvalue weighted by molar-refractivity contribution is 6.21. The Morgan fingerprint density at radius 2 is 1.62 bits per heavy atom. The van der Waals surface area contributed by atoms with E-state index in [2.05, 4.69) is 0 Å². The number of imide groups is 1. The monoisotopic (exact) mass is 546 g/mol. The molecule has 40 heavy (non-hydrogen) atoms. The fourth-order valence-corrected chi connectivity index (χ4v) is 6.12. The van der Waals surface area contributed by atoms with Crippen LogP contribution >= 0.6 is 0 Å². The summed E-state index contributed by atoms with van der Waals surface area (Å²) in [6.45, 7) is 7.50. The van der Waals surface area contributed by atoms with Crippen molar-refractivity contribution in [2.45, 2.75) is 84.0 Å². The number of benzene rings is 2. The van der Waals surface area contributed by atoms with Gasteiger partial charge in [-0.2, -0.15) is 0 Å². The van der Waals surface area contributed by atoms with Crippen LogP contribution in [-0.2, 0) is 16.0 Å². The average Bonchev–Trinajstić information content (AvgIpc) is 3.04. The van der Waals surface area contributed by atoms with Gasteiger partial charge in [0.25, 0.3) is 11.8 Å². The van der Waals surface area contributed by atoms with Crippen LogP contribution < -0.4 is 4.74 Å². The van der Waals surface area contributed by atoms with Gasteiger partial charge >= 0.3 is 6.09 Å². The predicted octanol–water partition coefficient (Wildman–Crippen LogP) is 5.73. The maximum Gasteiger partial charge on any atom is 0.410 e. The Morgan fingerprint density at radius 3 is 2.27 bits per heavy atom. The van der Waals surface area contributed by atoms with Crippen molar-refractivity contribution in [3.63, 3.8) is 0 Å². The van der Waals surface area contributed by atoms with Crippen LogP contribution in [0.4, 0.5) is 4.79 Å². The molecule has 0 saturated heterocycles. The van der Waals surface area contributed by atoms with E-state index in [1.807, 2.05) is 39.0 Å². The fourth-order valence-electron chi connectivity index (χ4n) is 6.12. The zero-order valence-corrected chi connectivity index (χ0v) is 23.8. The largest absolute Gasteiger partial charge is 0.490 e. The molecular formula is C32H38N2O6. The molecule has 3 atom stereocenters. The van der Waals surface area contributed by atoms with Crippen molar-refractivity contribution < 1.29 is 28.7 Å². The number of ether oxygens (including phenoxy) is 2. The van der Waals surface area contributed by atoms with Gasteiger partial charge in [-0.05, 0) is 90.0 Å². The van der Waals surface area contributed by atoms with E-state index in [0.29, 0.717) is 29.8 Å². The highest BCUT2D eigenvalue weighted by Crippen LogP contribution is 2.40. The Bertz CT molecular complexity index is 1290. The Kier molecular flexibility index (Phi) is 7.71. The van der Waals surface area contributed by atoms with Gasteiger partial charge in [0.2, 0.25) is 0 Å². The second kappa shape index (κ2) is 11.1. The molecule has 0 aromatic heterocycles. The summed E-state index contributed by atoms with van der Waals surface area (Å²) in [5.41, 5.74) is 1.87. The van der Waals surface area contributed by atoms with Crippen LogP contribution in [0.25, 0.3) is 0 Å². The Labute approximate surface area is 235 Å². The summed E-state index contributed by atoms with van der Waals surface area (Å²) in [6, 6.07) is 12.0. The topological polar surface area (TPSA) is 93.2 Å². The van der Waals surface area contributed by atoms with Crippen molar-refractivity contribution >= 4 is 23.7 Å². The predicted molar refractivity (Wildman–Crippen MR) is 149 cm³/mol. The molecule has 3 amide bonds. The van der Waals surface area contributed by atoms with Crippen LogP contribution in [-0.4, -0.2) is 58.3 Å². The van der Waals surface area contributed by atoms with Gasteiger partial charge in [-0.3, -0.25) is 24.2 Å². The van der Waals surface area contributed by atoms with Gasteiger partial charge in [-0.1, -0.05) is 24.3 Å². The lowest BCUT2D eigenvalue weighted by molar-refractivity contribution is -0.121. The summed E-state index contributed by atoms with van der Waals surface area (Å²) in [7, 11) is 0. The highest BCUT2D eigenvalue weighted by Gasteiger charge is 2.42. The molecule has 0 N–H and O–H groups in total. The average molecular weight is 547 g/mol. The maximum atomic E-state index is 13.5. The summed E-state index contributed by atoms with van der Waals surface area (Å²) in [5.74, 6) is 0.219. The van der Waals surface area contributed by atoms with Gasteiger partial charge < -0.3 is 9.47 Å². The minimum absolute atomic E-state index is 0.00393. The molecule has 1 fully saturated rings. The first kappa shape index (κ1) is 27.9. The van der Waals surface area contributed by atoms with Gasteiger partial charge in [0.05, 0.1) is 29.8 Å². The van der Waals surface area contributed by atoms with Crippen molar-refractivity contribution in [1.29, 1.82) is 0 Å². The van der Waals surface area contributed by atoms with Crippen molar-refractivity contribution in [2.75, 3.05) is 13.1 Å². The number of carbonyl (C=O) groups excluding carboxylic acids is 4. The number of ketones is 1. The lowest BCUT2D eigenvalue weighted by atomic mass is 9.91. The molecule has 0 bridgehead atoms. The normalized spacial score (nSPS) is 22.9. The molecule has 8 nitrogen and oxygen atoms in total. The molecule has 2 aliphatic heterocycles. The van der Waals surface area contributed by atoms with Crippen LogP contribution in [0.1, 0.15) is 97.7 Å². The van der Waals surface area contributed by atoms with Crippen molar-refractivity contribution in [3.8, 4) is 5.75 Å². The van der Waals surface area contributed by atoms with E-state index in [9.17, 15) is 19.2 Å². The third kappa shape index (κ3) is 5.62. The van der Waals surface area contributed by atoms with E-state index >= 15 is 0 Å². The van der Waals surface area contributed by atoms with E-state index in [4.69, 9.17) is 9.47 Å². The van der Waals surface area contributed by atoms with E-state index in [1.54, 1.807) is 36.1 Å². The number of amides is 3. The smallest absolute Gasteiger partial charge is 0.410 e. The summed E-state index contributed by atoms with van der Waals surface area (Å²) in [4.78, 5) is 55.0. The van der Waals surface area contributed by atoms with Gasteiger partial charge in [-0.25, -0.2) is 4.79 Å². The molecule has 8 heteroatoms. The molecule has 2 unspecified atom stereocenters. The van der Waals surface area contributed by atoms with Crippen molar-refractivity contribution in [3.05, 3.63) is 64.7 Å². The third-order valence-electron chi connectivity index (χ3n) is 8.13. The SMILES string of the molecule is CC(=O)C1CCC[C@@H](Oc2cccc3c2C(CN2C(=O)c4ccccc4C2=O)N(C(=O)OC(C)(C)C)CC3)CC1. The van der Waals surface area contributed by atoms with Crippen LogP contribution in [0, 0.1) is 5.92 Å². The molecule has 5 rings (SSSR count). The van der Waals surface area contributed by atoms with E-state index < -0.39 is 17.7 Å². The number of carbonyl (C=O) groups is 4. The Balaban J connectivity index is 1.49. The molecular weight excluding hydrogens is 508 g/mol. The molecule has 1 aliphatic carbocycles.